The molecule has 1 heterocycles. The molecule has 19 heavy (non-hydrogen) atoms. The van der Waals surface area contributed by atoms with E-state index in [1.165, 1.54) is 6.07 Å². The van der Waals surface area contributed by atoms with Gasteiger partial charge < -0.3 is 4.74 Å². The van der Waals surface area contributed by atoms with Crippen LogP contribution in [0.3, 0.4) is 0 Å². The zero-order chi connectivity index (χ0) is 13.8. The van der Waals surface area contributed by atoms with Gasteiger partial charge in [-0.25, -0.2) is 0 Å². The van der Waals surface area contributed by atoms with Gasteiger partial charge in [0.05, 0.1) is 4.92 Å². The van der Waals surface area contributed by atoms with Gasteiger partial charge in [-0.3, -0.25) is 10.1 Å². The number of aryl methyl sites for hydroxylation is 1. The molecule has 2 aromatic rings. The van der Waals surface area contributed by atoms with E-state index in [-0.39, 0.29) is 12.3 Å². The largest absolute Gasteiger partial charge is 0.487 e. The predicted octanol–water partition coefficient (Wildman–Crippen LogP) is 2.93. The molecule has 98 valence electrons. The van der Waals surface area contributed by atoms with E-state index in [1.807, 2.05) is 0 Å². The van der Waals surface area contributed by atoms with Crippen LogP contribution in [0.15, 0.2) is 30.3 Å². The van der Waals surface area contributed by atoms with Crippen molar-refractivity contribution in [2.75, 3.05) is 0 Å². The minimum absolute atomic E-state index is 0.0682. The van der Waals surface area contributed by atoms with E-state index in [9.17, 15) is 10.1 Å². The number of halogens is 1. The number of nitrogens with zero attached hydrogens (tertiary/aromatic N) is 3. The molecule has 0 atom stereocenters. The van der Waals surface area contributed by atoms with Gasteiger partial charge in [0.2, 0.25) is 0 Å². The molecule has 0 bridgehead atoms. The smallest absolute Gasteiger partial charge is 0.272 e. The lowest BCUT2D eigenvalue weighted by Crippen LogP contribution is -2.00. The zero-order valence-corrected chi connectivity index (χ0v) is 10.8. The van der Waals surface area contributed by atoms with Crippen LogP contribution in [0, 0.1) is 17.0 Å². The quantitative estimate of drug-likeness (QED) is 0.635. The lowest BCUT2D eigenvalue weighted by atomic mass is 10.2. The van der Waals surface area contributed by atoms with Crippen molar-refractivity contribution in [1.82, 2.24) is 10.2 Å². The first-order valence-corrected chi connectivity index (χ1v) is 5.80. The van der Waals surface area contributed by atoms with Crippen molar-refractivity contribution in [2.45, 2.75) is 13.5 Å². The first-order chi connectivity index (χ1) is 9.06. The Morgan fingerprint density at radius 2 is 2.11 bits per heavy atom. The molecule has 1 aromatic heterocycles. The van der Waals surface area contributed by atoms with Crippen LogP contribution in [-0.2, 0) is 6.61 Å². The molecule has 0 aliphatic rings. The van der Waals surface area contributed by atoms with E-state index < -0.39 is 4.92 Å². The minimum atomic E-state index is -0.427. The van der Waals surface area contributed by atoms with Crippen molar-refractivity contribution in [3.8, 4) is 5.75 Å². The zero-order valence-electron chi connectivity index (χ0n) is 10.0. The van der Waals surface area contributed by atoms with Crippen molar-refractivity contribution in [3.05, 3.63) is 56.9 Å². The van der Waals surface area contributed by atoms with E-state index in [1.54, 1.807) is 31.2 Å². The van der Waals surface area contributed by atoms with Gasteiger partial charge in [0.15, 0.2) is 5.15 Å². The minimum Gasteiger partial charge on any atom is -0.487 e. The van der Waals surface area contributed by atoms with Gasteiger partial charge in [0.1, 0.15) is 18.1 Å². The fraction of sp³-hybridized carbons (Fsp3) is 0.167. The number of nitro groups is 1. The van der Waals surface area contributed by atoms with Crippen molar-refractivity contribution in [2.24, 2.45) is 0 Å². The highest BCUT2D eigenvalue weighted by Crippen LogP contribution is 2.23. The Bertz CT molecular complexity index is 602. The summed E-state index contributed by atoms with van der Waals surface area (Å²) >= 11 is 5.62. The molecule has 0 N–H and O–H groups in total. The molecular weight excluding hydrogens is 270 g/mol. The van der Waals surface area contributed by atoms with Gasteiger partial charge in [0, 0.05) is 11.6 Å². The van der Waals surface area contributed by atoms with Crippen molar-refractivity contribution >= 4 is 17.3 Å². The van der Waals surface area contributed by atoms with Gasteiger partial charge in [-0.05, 0) is 31.2 Å². The van der Waals surface area contributed by atoms with Crippen molar-refractivity contribution in [3.63, 3.8) is 0 Å². The Hall–Kier alpha value is -2.21. The first-order valence-electron chi connectivity index (χ1n) is 5.42. The molecule has 0 aliphatic carbocycles. The summed E-state index contributed by atoms with van der Waals surface area (Å²) in [5.74, 6) is 0.542. The molecule has 0 radical (unpaired) electrons. The molecule has 0 saturated heterocycles. The summed E-state index contributed by atoms with van der Waals surface area (Å²) < 4.78 is 5.48. The van der Waals surface area contributed by atoms with Crippen LogP contribution in [0.5, 0.6) is 5.75 Å². The molecule has 0 saturated carbocycles. The van der Waals surface area contributed by atoms with Crippen LogP contribution in [0.25, 0.3) is 0 Å². The Labute approximate surface area is 114 Å². The SMILES string of the molecule is Cc1cc(OCc2ccc(Cl)nn2)ccc1[N+](=O)[O-]. The number of aromatic nitrogens is 2. The van der Waals surface area contributed by atoms with Crippen molar-refractivity contribution < 1.29 is 9.66 Å². The maximum absolute atomic E-state index is 10.7. The highest BCUT2D eigenvalue weighted by molar-refractivity contribution is 6.29. The lowest BCUT2D eigenvalue weighted by molar-refractivity contribution is -0.385. The molecule has 1 aromatic carbocycles. The third-order valence-electron chi connectivity index (χ3n) is 2.44. The number of ether oxygens (including phenoxy) is 1. The van der Waals surface area contributed by atoms with Gasteiger partial charge in [-0.15, -0.1) is 5.10 Å². The summed E-state index contributed by atoms with van der Waals surface area (Å²) in [6, 6.07) is 7.90. The number of benzene rings is 1. The predicted molar refractivity (Wildman–Crippen MR) is 69.2 cm³/mol. The molecule has 0 unspecified atom stereocenters. The van der Waals surface area contributed by atoms with Crippen LogP contribution in [0.4, 0.5) is 5.69 Å². The van der Waals surface area contributed by atoms with Gasteiger partial charge in [0.25, 0.3) is 5.69 Å². The van der Waals surface area contributed by atoms with E-state index in [2.05, 4.69) is 10.2 Å². The topological polar surface area (TPSA) is 78.2 Å². The Morgan fingerprint density at radius 1 is 1.32 bits per heavy atom. The van der Waals surface area contributed by atoms with E-state index in [0.29, 0.717) is 22.2 Å². The van der Waals surface area contributed by atoms with Crippen LogP contribution in [0.2, 0.25) is 5.15 Å². The molecule has 0 aliphatic heterocycles. The van der Waals surface area contributed by atoms with Crippen LogP contribution >= 0.6 is 11.6 Å². The van der Waals surface area contributed by atoms with Crippen LogP contribution < -0.4 is 4.74 Å². The average molecular weight is 280 g/mol. The summed E-state index contributed by atoms with van der Waals surface area (Å²) in [5, 5.41) is 18.5. The Balaban J connectivity index is 2.06. The first kappa shape index (κ1) is 13.2. The maximum atomic E-state index is 10.7. The van der Waals surface area contributed by atoms with Crippen molar-refractivity contribution in [1.29, 1.82) is 0 Å². The highest BCUT2D eigenvalue weighted by atomic mass is 35.5. The van der Waals surface area contributed by atoms with Gasteiger partial charge in [-0.1, -0.05) is 11.6 Å². The number of hydrogen-bond donors (Lipinski definition) is 0. The molecular formula is C12H10ClN3O3. The normalized spacial score (nSPS) is 10.2. The van der Waals surface area contributed by atoms with Gasteiger partial charge in [-0.2, -0.15) is 5.10 Å². The fourth-order valence-corrected chi connectivity index (χ4v) is 1.60. The third kappa shape index (κ3) is 3.38. The number of rotatable bonds is 4. The molecule has 2 rings (SSSR count). The molecule has 7 heteroatoms. The summed E-state index contributed by atoms with van der Waals surface area (Å²) in [4.78, 5) is 10.3. The Kier molecular flexibility index (Phi) is 3.91. The monoisotopic (exact) mass is 279 g/mol. The molecule has 0 fully saturated rings. The summed E-state index contributed by atoms with van der Waals surface area (Å²) in [7, 11) is 0. The lowest BCUT2D eigenvalue weighted by Gasteiger charge is -2.06. The highest BCUT2D eigenvalue weighted by Gasteiger charge is 2.10. The maximum Gasteiger partial charge on any atom is 0.272 e. The number of hydrogen-bond acceptors (Lipinski definition) is 5. The van der Waals surface area contributed by atoms with Gasteiger partial charge >= 0.3 is 0 Å². The fourth-order valence-electron chi connectivity index (χ4n) is 1.50. The second kappa shape index (κ2) is 5.62. The number of nitro benzene ring substituents is 1. The van der Waals surface area contributed by atoms with Crippen LogP contribution in [-0.4, -0.2) is 15.1 Å². The summed E-state index contributed by atoms with van der Waals surface area (Å²) in [6.45, 7) is 1.88. The standard InChI is InChI=1S/C12H10ClN3O3/c1-8-6-10(3-4-11(8)16(17)18)19-7-9-2-5-12(13)15-14-9/h2-6H,7H2,1H3. The average Bonchev–Trinajstić information content (AvgIpc) is 2.37. The van der Waals surface area contributed by atoms with E-state index in [0.717, 1.165) is 0 Å². The Morgan fingerprint density at radius 3 is 2.68 bits per heavy atom. The summed E-state index contributed by atoms with van der Waals surface area (Å²) in [5.41, 5.74) is 1.24. The molecule has 0 spiro atoms. The molecule has 0 amide bonds. The molecule has 6 nitrogen and oxygen atoms in total. The third-order valence-corrected chi connectivity index (χ3v) is 2.64. The summed E-state index contributed by atoms with van der Waals surface area (Å²) in [6.07, 6.45) is 0. The van der Waals surface area contributed by atoms with E-state index >= 15 is 0 Å². The van der Waals surface area contributed by atoms with Crippen LogP contribution in [0.1, 0.15) is 11.3 Å². The second-order valence-corrected chi connectivity index (χ2v) is 4.23. The van der Waals surface area contributed by atoms with E-state index in [4.69, 9.17) is 16.3 Å². The second-order valence-electron chi connectivity index (χ2n) is 3.84.